The summed E-state index contributed by atoms with van der Waals surface area (Å²) < 4.78 is 0. The van der Waals surface area contributed by atoms with Gasteiger partial charge in [0, 0.05) is 5.69 Å². The van der Waals surface area contributed by atoms with Crippen molar-refractivity contribution in [1.29, 1.82) is 0 Å². The Bertz CT molecular complexity index is 552. The summed E-state index contributed by atoms with van der Waals surface area (Å²) in [6.45, 7) is 0. The fourth-order valence-corrected chi connectivity index (χ4v) is 1.88. The van der Waals surface area contributed by atoms with Gasteiger partial charge < -0.3 is 16.2 Å². The predicted octanol–water partition coefficient (Wildman–Crippen LogP) is 2.29. The Labute approximate surface area is 118 Å². The fourth-order valence-electron chi connectivity index (χ4n) is 1.88. The van der Waals surface area contributed by atoms with E-state index in [0.29, 0.717) is 12.1 Å². The number of nitrogens with one attached hydrogen (secondary N) is 1. The first-order valence-electron chi connectivity index (χ1n) is 6.54. The average molecular weight is 270 g/mol. The first-order chi connectivity index (χ1) is 9.65. The third-order valence-corrected chi connectivity index (χ3v) is 3.06. The number of hydrogen-bond acceptors (Lipinski definition) is 3. The lowest BCUT2D eigenvalue weighted by molar-refractivity contribution is -0.117. The zero-order chi connectivity index (χ0) is 14.4. The van der Waals surface area contributed by atoms with Gasteiger partial charge in [0.15, 0.2) is 0 Å². The summed E-state index contributed by atoms with van der Waals surface area (Å²) in [4.78, 5) is 11.9. The summed E-state index contributed by atoms with van der Waals surface area (Å²) in [5.41, 5.74) is 7.68. The van der Waals surface area contributed by atoms with Crippen molar-refractivity contribution < 1.29 is 9.90 Å². The van der Waals surface area contributed by atoms with Crippen LogP contribution < -0.4 is 11.1 Å². The molecule has 20 heavy (non-hydrogen) atoms. The van der Waals surface area contributed by atoms with Gasteiger partial charge in [-0.05, 0) is 42.7 Å². The Kier molecular flexibility index (Phi) is 4.74. The molecule has 0 spiro atoms. The van der Waals surface area contributed by atoms with Gasteiger partial charge in [0.1, 0.15) is 5.75 Å². The number of phenolic OH excluding ortho intramolecular Hbond substituents is 1. The number of carbonyl (C=O) groups is 1. The largest absolute Gasteiger partial charge is 0.508 e. The summed E-state index contributed by atoms with van der Waals surface area (Å²) in [6, 6.07) is 15.7. The van der Waals surface area contributed by atoms with Gasteiger partial charge in [-0.3, -0.25) is 4.79 Å². The van der Waals surface area contributed by atoms with Gasteiger partial charge in [0.05, 0.1) is 6.04 Å². The van der Waals surface area contributed by atoms with Crippen LogP contribution in [0.5, 0.6) is 5.75 Å². The first-order valence-corrected chi connectivity index (χ1v) is 6.54. The third-order valence-electron chi connectivity index (χ3n) is 3.06. The second-order valence-corrected chi connectivity index (χ2v) is 4.67. The minimum Gasteiger partial charge on any atom is -0.508 e. The second-order valence-electron chi connectivity index (χ2n) is 4.67. The molecule has 1 unspecified atom stereocenters. The van der Waals surface area contributed by atoms with Crippen LogP contribution >= 0.6 is 0 Å². The van der Waals surface area contributed by atoms with Crippen molar-refractivity contribution in [2.24, 2.45) is 5.73 Å². The molecule has 0 aliphatic heterocycles. The van der Waals surface area contributed by atoms with Crippen molar-refractivity contribution in [2.45, 2.75) is 18.9 Å². The number of aryl methyl sites for hydroxylation is 1. The number of anilines is 1. The molecule has 104 valence electrons. The molecule has 0 saturated carbocycles. The molecule has 2 aromatic carbocycles. The molecule has 4 heteroatoms. The standard InChI is InChI=1S/C16H18N2O2/c17-15(11-6-12-4-2-1-3-5-12)16(20)18-13-7-9-14(19)10-8-13/h1-5,7-10,15,19H,6,11,17H2,(H,18,20). The van der Waals surface area contributed by atoms with Gasteiger partial charge in [0.2, 0.25) is 5.91 Å². The van der Waals surface area contributed by atoms with Gasteiger partial charge >= 0.3 is 0 Å². The van der Waals surface area contributed by atoms with E-state index in [-0.39, 0.29) is 11.7 Å². The Morgan fingerprint density at radius 1 is 1.10 bits per heavy atom. The van der Waals surface area contributed by atoms with E-state index in [1.54, 1.807) is 12.1 Å². The van der Waals surface area contributed by atoms with E-state index >= 15 is 0 Å². The maximum absolute atomic E-state index is 11.9. The Hall–Kier alpha value is -2.33. The van der Waals surface area contributed by atoms with Gasteiger partial charge in [-0.2, -0.15) is 0 Å². The molecule has 0 heterocycles. The van der Waals surface area contributed by atoms with Crippen LogP contribution in [0.1, 0.15) is 12.0 Å². The zero-order valence-electron chi connectivity index (χ0n) is 11.1. The van der Waals surface area contributed by atoms with E-state index in [9.17, 15) is 9.90 Å². The topological polar surface area (TPSA) is 75.4 Å². The first kappa shape index (κ1) is 14.1. The van der Waals surface area contributed by atoms with Crippen LogP contribution in [0.25, 0.3) is 0 Å². The highest BCUT2D eigenvalue weighted by atomic mass is 16.3. The molecule has 0 aliphatic rings. The maximum atomic E-state index is 11.9. The molecule has 0 aliphatic carbocycles. The number of amides is 1. The van der Waals surface area contributed by atoms with Crippen LogP contribution in [0.3, 0.4) is 0 Å². The van der Waals surface area contributed by atoms with E-state index in [1.807, 2.05) is 30.3 Å². The van der Waals surface area contributed by atoms with Crippen LogP contribution in [0.4, 0.5) is 5.69 Å². The molecule has 1 atom stereocenters. The van der Waals surface area contributed by atoms with E-state index in [4.69, 9.17) is 5.73 Å². The average Bonchev–Trinajstić information content (AvgIpc) is 2.48. The molecule has 0 radical (unpaired) electrons. The van der Waals surface area contributed by atoms with E-state index < -0.39 is 6.04 Å². The molecule has 4 nitrogen and oxygen atoms in total. The Balaban J connectivity index is 1.84. The SMILES string of the molecule is NC(CCc1ccccc1)C(=O)Nc1ccc(O)cc1. The number of phenols is 1. The molecule has 4 N–H and O–H groups in total. The highest BCUT2D eigenvalue weighted by molar-refractivity contribution is 5.94. The minimum absolute atomic E-state index is 0.163. The van der Waals surface area contributed by atoms with Gasteiger partial charge in [-0.25, -0.2) is 0 Å². The van der Waals surface area contributed by atoms with Gasteiger partial charge in [-0.1, -0.05) is 30.3 Å². The van der Waals surface area contributed by atoms with Crippen LogP contribution in [-0.2, 0) is 11.2 Å². The normalized spacial score (nSPS) is 11.8. The highest BCUT2D eigenvalue weighted by Gasteiger charge is 2.13. The van der Waals surface area contributed by atoms with Crippen molar-refractivity contribution >= 4 is 11.6 Å². The zero-order valence-corrected chi connectivity index (χ0v) is 11.1. The Morgan fingerprint density at radius 2 is 1.75 bits per heavy atom. The summed E-state index contributed by atoms with van der Waals surface area (Å²) >= 11 is 0. The second kappa shape index (κ2) is 6.73. The molecular formula is C16H18N2O2. The van der Waals surface area contributed by atoms with Crippen molar-refractivity contribution in [1.82, 2.24) is 0 Å². The van der Waals surface area contributed by atoms with Crippen LogP contribution in [0, 0.1) is 0 Å². The quantitative estimate of drug-likeness (QED) is 0.730. The molecular weight excluding hydrogens is 252 g/mol. The van der Waals surface area contributed by atoms with Gasteiger partial charge in [0.25, 0.3) is 0 Å². The maximum Gasteiger partial charge on any atom is 0.241 e. The minimum atomic E-state index is -0.552. The lowest BCUT2D eigenvalue weighted by Crippen LogP contribution is -2.35. The van der Waals surface area contributed by atoms with E-state index in [0.717, 1.165) is 6.42 Å². The number of benzene rings is 2. The summed E-state index contributed by atoms with van der Waals surface area (Å²) in [6.07, 6.45) is 1.36. The van der Waals surface area contributed by atoms with Crippen LogP contribution in [0.15, 0.2) is 54.6 Å². The molecule has 0 saturated heterocycles. The van der Waals surface area contributed by atoms with Crippen molar-refractivity contribution in [3.8, 4) is 5.75 Å². The summed E-state index contributed by atoms with van der Waals surface area (Å²) in [5, 5.41) is 11.9. The third kappa shape index (κ3) is 4.10. The monoisotopic (exact) mass is 270 g/mol. The highest BCUT2D eigenvalue weighted by Crippen LogP contribution is 2.14. The van der Waals surface area contributed by atoms with Gasteiger partial charge in [-0.15, -0.1) is 0 Å². The van der Waals surface area contributed by atoms with Crippen LogP contribution in [-0.4, -0.2) is 17.1 Å². The lowest BCUT2D eigenvalue weighted by atomic mass is 10.1. The Morgan fingerprint density at radius 3 is 2.40 bits per heavy atom. The van der Waals surface area contributed by atoms with Crippen LogP contribution in [0.2, 0.25) is 0 Å². The van der Waals surface area contributed by atoms with E-state index in [1.165, 1.54) is 17.7 Å². The lowest BCUT2D eigenvalue weighted by Gasteiger charge is -2.12. The number of rotatable bonds is 5. The number of hydrogen-bond donors (Lipinski definition) is 3. The summed E-state index contributed by atoms with van der Waals surface area (Å²) in [5.74, 6) is -0.0528. The van der Waals surface area contributed by atoms with Crippen molar-refractivity contribution in [2.75, 3.05) is 5.32 Å². The number of carbonyl (C=O) groups excluding carboxylic acids is 1. The van der Waals surface area contributed by atoms with E-state index in [2.05, 4.69) is 5.32 Å². The molecule has 0 bridgehead atoms. The number of aromatic hydroxyl groups is 1. The summed E-state index contributed by atoms with van der Waals surface area (Å²) in [7, 11) is 0. The molecule has 2 aromatic rings. The molecule has 0 fully saturated rings. The number of nitrogens with two attached hydrogens (primary N) is 1. The fraction of sp³-hybridized carbons (Fsp3) is 0.188. The molecule has 0 aromatic heterocycles. The smallest absolute Gasteiger partial charge is 0.241 e. The van der Waals surface area contributed by atoms with Crippen molar-refractivity contribution in [3.63, 3.8) is 0 Å². The predicted molar refractivity (Wildman–Crippen MR) is 79.5 cm³/mol. The molecule has 1 amide bonds. The molecule has 2 rings (SSSR count). The van der Waals surface area contributed by atoms with Crippen molar-refractivity contribution in [3.05, 3.63) is 60.2 Å².